The van der Waals surface area contributed by atoms with Gasteiger partial charge in [-0.15, -0.1) is 0 Å². The maximum atomic E-state index is 13.9. The Labute approximate surface area is 149 Å². The fourth-order valence-corrected chi connectivity index (χ4v) is 4.80. The monoisotopic (exact) mass is 350 g/mol. The zero-order chi connectivity index (χ0) is 17.5. The number of rotatable bonds is 0. The number of nitrogens with zero attached hydrogens (tertiary/aromatic N) is 1. The van der Waals surface area contributed by atoms with Gasteiger partial charge in [-0.25, -0.2) is 0 Å². The molecule has 25 heavy (non-hydrogen) atoms. The van der Waals surface area contributed by atoms with Crippen LogP contribution in [0.15, 0.2) is 30.5 Å². The first-order valence-electron chi connectivity index (χ1n) is 8.28. The average molecular weight is 350 g/mol. The summed E-state index contributed by atoms with van der Waals surface area (Å²) in [6.07, 6.45) is 2.00. The van der Waals surface area contributed by atoms with E-state index >= 15 is 0 Å². The second-order valence-electron chi connectivity index (χ2n) is 6.90. The Morgan fingerprint density at radius 3 is 2.68 bits per heavy atom. The molecule has 1 aliphatic rings. The first-order valence-corrected chi connectivity index (χ1v) is 9.10. The molecule has 0 N–H and O–H groups in total. The van der Waals surface area contributed by atoms with Gasteiger partial charge in [0.1, 0.15) is 17.5 Å². The van der Waals surface area contributed by atoms with Crippen molar-refractivity contribution in [3.63, 3.8) is 0 Å². The molecule has 0 atom stereocenters. The first kappa shape index (κ1) is 14.8. The van der Waals surface area contributed by atoms with Crippen molar-refractivity contribution >= 4 is 32.2 Å². The second-order valence-corrected chi connectivity index (χ2v) is 7.94. The van der Waals surface area contributed by atoms with E-state index in [9.17, 15) is 4.39 Å². The number of halogens is 1. The number of thiophene rings is 1. The van der Waals surface area contributed by atoms with E-state index in [1.54, 1.807) is 6.07 Å². The summed E-state index contributed by atoms with van der Waals surface area (Å²) in [7, 11) is 2.01. The summed E-state index contributed by atoms with van der Waals surface area (Å²) in [5.41, 5.74) is 5.87. The van der Waals surface area contributed by atoms with Crippen LogP contribution < -0.4 is 9.30 Å². The van der Waals surface area contributed by atoms with Crippen molar-refractivity contribution in [2.24, 2.45) is 7.05 Å². The predicted octanol–water partition coefficient (Wildman–Crippen LogP) is 5.72. The van der Waals surface area contributed by atoms with Crippen LogP contribution in [0.1, 0.15) is 16.7 Å². The van der Waals surface area contributed by atoms with Crippen LogP contribution in [0.5, 0.6) is 11.5 Å². The van der Waals surface area contributed by atoms with Gasteiger partial charge in [0.2, 0.25) is 5.75 Å². The van der Waals surface area contributed by atoms with E-state index in [1.807, 2.05) is 13.2 Å². The van der Waals surface area contributed by atoms with Crippen LogP contribution in [0, 0.1) is 25.9 Å². The van der Waals surface area contributed by atoms with Gasteiger partial charge in [-0.1, -0.05) is 23.5 Å². The smallest absolute Gasteiger partial charge is 0.257 e. The third-order valence-corrected chi connectivity index (χ3v) is 6.03. The Hall–Kier alpha value is -2.46. The lowest BCUT2D eigenvalue weighted by atomic mass is 9.89. The van der Waals surface area contributed by atoms with Crippen molar-refractivity contribution in [2.75, 3.05) is 0 Å². The second kappa shape index (κ2) is 4.79. The van der Waals surface area contributed by atoms with Crippen LogP contribution in [0.25, 0.3) is 32.1 Å². The summed E-state index contributed by atoms with van der Waals surface area (Å²) in [5, 5.41) is 2.99. The molecule has 0 saturated carbocycles. The summed E-state index contributed by atoms with van der Waals surface area (Å²) in [6, 6.07) is 8.08. The van der Waals surface area contributed by atoms with Crippen LogP contribution in [0.2, 0.25) is 0 Å². The average Bonchev–Trinajstić information content (AvgIpc) is 2.91. The van der Waals surface area contributed by atoms with Crippen molar-refractivity contribution in [1.29, 1.82) is 0 Å². The van der Waals surface area contributed by atoms with E-state index in [0.717, 1.165) is 49.6 Å². The van der Waals surface area contributed by atoms with Gasteiger partial charge in [-0.05, 0) is 55.0 Å². The molecule has 124 valence electrons. The Bertz CT molecular complexity index is 1220. The van der Waals surface area contributed by atoms with Gasteiger partial charge in [0.05, 0.1) is 10.9 Å². The number of hydrogen-bond donors (Lipinski definition) is 0. The molecule has 5 rings (SSSR count). The highest BCUT2D eigenvalue weighted by molar-refractivity contribution is 7.17. The normalized spacial score (nSPS) is 12.5. The quantitative estimate of drug-likeness (QED) is 0.326. The molecule has 2 nitrogen and oxygen atoms in total. The van der Waals surface area contributed by atoms with Gasteiger partial charge < -0.3 is 4.74 Å². The molecule has 0 amide bonds. The zero-order valence-corrected chi connectivity index (χ0v) is 15.3. The molecule has 3 heterocycles. The van der Waals surface area contributed by atoms with Gasteiger partial charge >= 0.3 is 0 Å². The van der Waals surface area contributed by atoms with Crippen molar-refractivity contribution in [3.8, 4) is 22.8 Å². The molecular weight excluding hydrogens is 333 g/mol. The molecule has 0 aliphatic carbocycles. The number of aryl methyl sites for hydroxylation is 3. The Balaban J connectivity index is 2.04. The topological polar surface area (TPSA) is 13.1 Å². The minimum absolute atomic E-state index is 0.187. The van der Waals surface area contributed by atoms with E-state index in [1.165, 1.54) is 22.1 Å². The van der Waals surface area contributed by atoms with Crippen LogP contribution in [0.4, 0.5) is 4.39 Å². The fraction of sp³-hybridized carbons (Fsp3) is 0.190. The standard InChI is InChI=1S/C21H17FNOS/c1-10-5-13-7-11(2)12(3)18-19(13)15(6-10)24-21-14-8-17(22)25-16(14)9-23(4)20(18)21/h5-9H,1-4H3/q+1. The number of hydrogen-bond acceptors (Lipinski definition) is 2. The highest BCUT2D eigenvalue weighted by Crippen LogP contribution is 2.50. The molecule has 0 radical (unpaired) electrons. The van der Waals surface area contributed by atoms with Crippen molar-refractivity contribution < 1.29 is 13.7 Å². The van der Waals surface area contributed by atoms with E-state index in [-0.39, 0.29) is 5.13 Å². The molecule has 4 aromatic rings. The lowest BCUT2D eigenvalue weighted by Gasteiger charge is -2.22. The summed E-state index contributed by atoms with van der Waals surface area (Å²) >= 11 is 1.16. The number of fused-ring (bicyclic) bond motifs is 4. The molecule has 1 aliphatic heterocycles. The Morgan fingerprint density at radius 2 is 1.88 bits per heavy atom. The van der Waals surface area contributed by atoms with Gasteiger partial charge in [-0.2, -0.15) is 8.96 Å². The molecule has 2 aromatic heterocycles. The van der Waals surface area contributed by atoms with E-state index in [0.29, 0.717) is 0 Å². The Kier molecular flexibility index (Phi) is 2.85. The highest BCUT2D eigenvalue weighted by Gasteiger charge is 2.32. The number of ether oxygens (including phenoxy) is 1. The molecule has 2 aromatic carbocycles. The molecule has 0 fully saturated rings. The summed E-state index contributed by atoms with van der Waals surface area (Å²) < 4.78 is 23.2. The van der Waals surface area contributed by atoms with Crippen LogP contribution >= 0.6 is 11.3 Å². The lowest BCUT2D eigenvalue weighted by Crippen LogP contribution is -2.32. The Morgan fingerprint density at radius 1 is 1.08 bits per heavy atom. The first-order chi connectivity index (χ1) is 11.9. The van der Waals surface area contributed by atoms with E-state index in [2.05, 4.69) is 43.5 Å². The summed E-state index contributed by atoms with van der Waals surface area (Å²) in [5.74, 6) is 1.62. The van der Waals surface area contributed by atoms with Crippen molar-refractivity contribution in [1.82, 2.24) is 0 Å². The molecule has 0 saturated heterocycles. The minimum Gasteiger partial charge on any atom is -0.449 e. The van der Waals surface area contributed by atoms with E-state index in [4.69, 9.17) is 4.74 Å². The molecule has 0 spiro atoms. The van der Waals surface area contributed by atoms with Gasteiger partial charge in [0.25, 0.3) is 5.69 Å². The maximum Gasteiger partial charge on any atom is 0.257 e. The molecule has 0 unspecified atom stereocenters. The molecular formula is C21H17FNOS+. The molecule has 4 heteroatoms. The minimum atomic E-state index is -0.187. The van der Waals surface area contributed by atoms with Crippen molar-refractivity contribution in [2.45, 2.75) is 20.8 Å². The summed E-state index contributed by atoms with van der Waals surface area (Å²) in [6.45, 7) is 6.38. The largest absolute Gasteiger partial charge is 0.449 e. The van der Waals surface area contributed by atoms with Crippen LogP contribution in [-0.2, 0) is 7.05 Å². The predicted molar refractivity (Wildman–Crippen MR) is 100 cm³/mol. The number of benzene rings is 2. The van der Waals surface area contributed by atoms with Crippen LogP contribution in [-0.4, -0.2) is 0 Å². The van der Waals surface area contributed by atoms with Crippen LogP contribution in [0.3, 0.4) is 0 Å². The third-order valence-electron chi connectivity index (χ3n) is 5.17. The zero-order valence-electron chi connectivity index (χ0n) is 14.5. The molecule has 0 bridgehead atoms. The van der Waals surface area contributed by atoms with Crippen molar-refractivity contribution in [3.05, 3.63) is 52.3 Å². The highest BCUT2D eigenvalue weighted by atomic mass is 32.1. The third kappa shape index (κ3) is 1.91. The van der Waals surface area contributed by atoms with Gasteiger partial charge in [0, 0.05) is 5.39 Å². The summed E-state index contributed by atoms with van der Waals surface area (Å²) in [4.78, 5) is 0. The number of pyridine rings is 1. The maximum absolute atomic E-state index is 13.9. The van der Waals surface area contributed by atoms with Gasteiger partial charge in [-0.3, -0.25) is 0 Å². The number of aromatic nitrogens is 1. The fourth-order valence-electron chi connectivity index (χ4n) is 3.94. The lowest BCUT2D eigenvalue weighted by molar-refractivity contribution is -0.659. The van der Waals surface area contributed by atoms with E-state index < -0.39 is 0 Å². The SMILES string of the molecule is Cc1cc2c3c(c(C)c(C)cc3c1)-c1c(c3cc(F)sc3c[n+]1C)O2. The van der Waals surface area contributed by atoms with Gasteiger partial charge in [0.15, 0.2) is 11.3 Å².